The predicted molar refractivity (Wildman–Crippen MR) is 98.5 cm³/mol. The molecule has 0 saturated carbocycles. The molecule has 25 heavy (non-hydrogen) atoms. The van der Waals surface area contributed by atoms with Gasteiger partial charge in [-0.15, -0.1) is 0 Å². The first-order valence-electron chi connectivity index (χ1n) is 8.37. The van der Waals surface area contributed by atoms with E-state index >= 15 is 0 Å². The molecule has 0 radical (unpaired) electrons. The molecule has 0 aliphatic rings. The highest BCUT2D eigenvalue weighted by Crippen LogP contribution is 2.06. The summed E-state index contributed by atoms with van der Waals surface area (Å²) >= 11 is 0. The quantitative estimate of drug-likeness (QED) is 0.321. The van der Waals surface area contributed by atoms with E-state index in [9.17, 15) is 9.59 Å². The van der Waals surface area contributed by atoms with E-state index in [4.69, 9.17) is 0 Å². The highest BCUT2D eigenvalue weighted by molar-refractivity contribution is 5.89. The van der Waals surface area contributed by atoms with Crippen molar-refractivity contribution in [2.24, 2.45) is 4.99 Å². The first-order valence-corrected chi connectivity index (χ1v) is 8.37. The van der Waals surface area contributed by atoms with Gasteiger partial charge in [-0.05, 0) is 24.1 Å². The smallest absolute Gasteiger partial charge is 0.337 e. The van der Waals surface area contributed by atoms with Gasteiger partial charge >= 0.3 is 5.97 Å². The summed E-state index contributed by atoms with van der Waals surface area (Å²) in [6.07, 6.45) is 2.10. The van der Waals surface area contributed by atoms with E-state index in [0.29, 0.717) is 18.1 Å². The van der Waals surface area contributed by atoms with E-state index in [1.807, 2.05) is 12.1 Å². The molecule has 0 saturated heterocycles. The van der Waals surface area contributed by atoms with Crippen LogP contribution < -0.4 is 10.6 Å². The van der Waals surface area contributed by atoms with Crippen LogP contribution in [0.2, 0.25) is 0 Å². The lowest BCUT2D eigenvalue weighted by Gasteiger charge is -2.15. The number of esters is 1. The number of aliphatic imine (C=N–C) groups is 1. The number of methoxy groups -OCH3 is 1. The largest absolute Gasteiger partial charge is 0.465 e. The topological polar surface area (TPSA) is 83.0 Å². The molecule has 0 spiro atoms. The zero-order valence-electron chi connectivity index (χ0n) is 15.5. The normalized spacial score (nSPS) is 11.0. The summed E-state index contributed by atoms with van der Waals surface area (Å²) < 4.78 is 4.68. The standard InChI is InChI=1S/C18H28N4O3/c1-5-6-11-19-18(21-13-16(23)22(2)3)20-12-14-7-9-15(10-8-14)17(24)25-4/h7-10H,5-6,11-13H2,1-4H3,(H2,19,20,21). The fraction of sp³-hybridized carbons (Fsp3) is 0.500. The van der Waals surface area contributed by atoms with Crippen molar-refractivity contribution in [3.63, 3.8) is 0 Å². The van der Waals surface area contributed by atoms with Gasteiger partial charge in [-0.1, -0.05) is 25.5 Å². The molecular formula is C18H28N4O3. The molecule has 0 unspecified atom stereocenters. The number of guanidine groups is 1. The number of nitrogens with zero attached hydrogens (tertiary/aromatic N) is 2. The molecule has 1 rings (SSSR count). The second-order valence-corrected chi connectivity index (χ2v) is 5.78. The minimum absolute atomic E-state index is 0.0209. The Morgan fingerprint density at radius 2 is 1.84 bits per heavy atom. The minimum atomic E-state index is -0.360. The molecule has 138 valence electrons. The van der Waals surface area contributed by atoms with Crippen LogP contribution >= 0.6 is 0 Å². The summed E-state index contributed by atoms with van der Waals surface area (Å²) in [6.45, 7) is 3.54. The van der Waals surface area contributed by atoms with Gasteiger partial charge in [0.1, 0.15) is 0 Å². The predicted octanol–water partition coefficient (Wildman–Crippen LogP) is 1.40. The number of unbranched alkanes of at least 4 members (excludes halogenated alkanes) is 1. The number of ether oxygens (including phenoxy) is 1. The number of nitrogens with one attached hydrogen (secondary N) is 2. The van der Waals surface area contributed by atoms with E-state index in [2.05, 4.69) is 27.3 Å². The highest BCUT2D eigenvalue weighted by Gasteiger charge is 2.06. The van der Waals surface area contributed by atoms with Crippen molar-refractivity contribution in [1.82, 2.24) is 15.5 Å². The Bertz CT molecular complexity index is 582. The molecule has 1 aromatic carbocycles. The monoisotopic (exact) mass is 348 g/mol. The Balaban J connectivity index is 2.69. The Morgan fingerprint density at radius 3 is 2.40 bits per heavy atom. The molecule has 0 heterocycles. The van der Waals surface area contributed by atoms with Gasteiger partial charge in [-0.25, -0.2) is 9.79 Å². The zero-order chi connectivity index (χ0) is 18.7. The number of benzene rings is 1. The van der Waals surface area contributed by atoms with Gasteiger partial charge in [0.15, 0.2) is 5.96 Å². The SMILES string of the molecule is CCCCNC(=NCc1ccc(C(=O)OC)cc1)NCC(=O)N(C)C. The maximum atomic E-state index is 11.7. The molecule has 0 aromatic heterocycles. The van der Waals surface area contributed by atoms with Crippen LogP contribution in [0.1, 0.15) is 35.7 Å². The van der Waals surface area contributed by atoms with Gasteiger partial charge in [0.25, 0.3) is 0 Å². The Hall–Kier alpha value is -2.57. The summed E-state index contributed by atoms with van der Waals surface area (Å²) in [5, 5.41) is 6.26. The Kier molecular flexibility index (Phi) is 9.06. The van der Waals surface area contributed by atoms with Gasteiger partial charge in [0.2, 0.25) is 5.91 Å². The lowest BCUT2D eigenvalue weighted by atomic mass is 10.1. The summed E-state index contributed by atoms with van der Waals surface area (Å²) in [7, 11) is 4.79. The molecule has 2 N–H and O–H groups in total. The van der Waals surface area contributed by atoms with Crippen LogP contribution in [-0.2, 0) is 16.1 Å². The van der Waals surface area contributed by atoms with Crippen molar-refractivity contribution in [3.05, 3.63) is 35.4 Å². The molecular weight excluding hydrogens is 320 g/mol. The van der Waals surface area contributed by atoms with E-state index in [1.165, 1.54) is 12.0 Å². The summed E-state index contributed by atoms with van der Waals surface area (Å²) in [5.41, 5.74) is 1.47. The molecule has 0 fully saturated rings. The highest BCUT2D eigenvalue weighted by atomic mass is 16.5. The van der Waals surface area contributed by atoms with Gasteiger partial charge in [0, 0.05) is 20.6 Å². The van der Waals surface area contributed by atoms with Crippen LogP contribution in [0.5, 0.6) is 0 Å². The molecule has 7 heteroatoms. The third-order valence-electron chi connectivity index (χ3n) is 3.52. The average Bonchev–Trinajstić information content (AvgIpc) is 2.62. The molecule has 0 atom stereocenters. The van der Waals surface area contributed by atoms with Crippen molar-refractivity contribution in [1.29, 1.82) is 0 Å². The van der Waals surface area contributed by atoms with E-state index < -0.39 is 0 Å². The lowest BCUT2D eigenvalue weighted by Crippen LogP contribution is -2.43. The number of hydrogen-bond acceptors (Lipinski definition) is 4. The molecule has 0 aliphatic heterocycles. The second kappa shape index (κ2) is 11.1. The van der Waals surface area contributed by atoms with Crippen molar-refractivity contribution in [2.45, 2.75) is 26.3 Å². The van der Waals surface area contributed by atoms with Crippen molar-refractivity contribution < 1.29 is 14.3 Å². The van der Waals surface area contributed by atoms with Crippen LogP contribution in [0.25, 0.3) is 0 Å². The summed E-state index contributed by atoms with van der Waals surface area (Å²) in [6, 6.07) is 7.10. The summed E-state index contributed by atoms with van der Waals surface area (Å²) in [5.74, 6) is 0.217. The fourth-order valence-corrected chi connectivity index (χ4v) is 1.91. The fourth-order valence-electron chi connectivity index (χ4n) is 1.91. The van der Waals surface area contributed by atoms with Gasteiger partial charge in [-0.3, -0.25) is 4.79 Å². The van der Waals surface area contributed by atoms with Crippen LogP contribution in [-0.4, -0.2) is 57.0 Å². The summed E-state index contributed by atoms with van der Waals surface area (Å²) in [4.78, 5) is 29.2. The van der Waals surface area contributed by atoms with Crippen LogP contribution in [0.15, 0.2) is 29.3 Å². The molecule has 0 bridgehead atoms. The number of amides is 1. The number of likely N-dealkylation sites (N-methyl/N-ethyl adjacent to an activating group) is 1. The maximum absolute atomic E-state index is 11.7. The lowest BCUT2D eigenvalue weighted by molar-refractivity contribution is -0.127. The molecule has 1 amide bonds. The first-order chi connectivity index (χ1) is 12.0. The first kappa shape index (κ1) is 20.5. The van der Waals surface area contributed by atoms with Crippen LogP contribution in [0.4, 0.5) is 0 Å². The van der Waals surface area contributed by atoms with Crippen molar-refractivity contribution in [3.8, 4) is 0 Å². The van der Waals surface area contributed by atoms with Crippen LogP contribution in [0, 0.1) is 0 Å². The van der Waals surface area contributed by atoms with E-state index in [0.717, 1.165) is 24.9 Å². The van der Waals surface area contributed by atoms with Crippen molar-refractivity contribution >= 4 is 17.8 Å². The average molecular weight is 348 g/mol. The van der Waals surface area contributed by atoms with E-state index in [1.54, 1.807) is 26.2 Å². The molecule has 0 aliphatic carbocycles. The van der Waals surface area contributed by atoms with E-state index in [-0.39, 0.29) is 18.4 Å². The van der Waals surface area contributed by atoms with Gasteiger partial charge in [-0.2, -0.15) is 0 Å². The van der Waals surface area contributed by atoms with Crippen LogP contribution in [0.3, 0.4) is 0 Å². The number of carbonyl (C=O) groups is 2. The number of carbonyl (C=O) groups excluding carboxylic acids is 2. The van der Waals surface area contributed by atoms with Gasteiger partial charge in [0.05, 0.1) is 25.8 Å². The molecule has 7 nitrogen and oxygen atoms in total. The zero-order valence-corrected chi connectivity index (χ0v) is 15.5. The number of rotatable bonds is 8. The third kappa shape index (κ3) is 7.69. The van der Waals surface area contributed by atoms with Gasteiger partial charge < -0.3 is 20.3 Å². The third-order valence-corrected chi connectivity index (χ3v) is 3.52. The Morgan fingerprint density at radius 1 is 1.16 bits per heavy atom. The minimum Gasteiger partial charge on any atom is -0.465 e. The molecule has 1 aromatic rings. The Labute approximate surface area is 149 Å². The maximum Gasteiger partial charge on any atom is 0.337 e. The second-order valence-electron chi connectivity index (χ2n) is 5.78. The van der Waals surface area contributed by atoms with Crippen molar-refractivity contribution in [2.75, 3.05) is 34.3 Å². The number of hydrogen-bond donors (Lipinski definition) is 2.